The van der Waals surface area contributed by atoms with Gasteiger partial charge in [-0.1, -0.05) is 37.5 Å². The predicted octanol–water partition coefficient (Wildman–Crippen LogP) is 4.35. The lowest BCUT2D eigenvalue weighted by Gasteiger charge is -2.31. The fourth-order valence-corrected chi connectivity index (χ4v) is 3.96. The number of nitrogen functional groups attached to an aromatic ring is 1. The molecule has 1 aliphatic rings. The van der Waals surface area contributed by atoms with E-state index in [1.54, 1.807) is 0 Å². The average Bonchev–Trinajstić information content (AvgIpc) is 3.02. The van der Waals surface area contributed by atoms with Gasteiger partial charge in [0.1, 0.15) is 5.65 Å². The van der Waals surface area contributed by atoms with Crippen molar-refractivity contribution in [2.45, 2.75) is 44.7 Å². The summed E-state index contributed by atoms with van der Waals surface area (Å²) in [6.07, 6.45) is 8.83. The topological polar surface area (TPSA) is 46.6 Å². The van der Waals surface area contributed by atoms with Crippen molar-refractivity contribution >= 4 is 11.3 Å². The molecule has 0 bridgehead atoms. The zero-order chi connectivity index (χ0) is 17.2. The van der Waals surface area contributed by atoms with Gasteiger partial charge in [-0.25, -0.2) is 4.98 Å². The molecule has 0 amide bonds. The monoisotopic (exact) mass is 334 g/mol. The molecule has 1 saturated carbocycles. The largest absolute Gasteiger partial charge is 0.399 e. The molecule has 3 aromatic rings. The van der Waals surface area contributed by atoms with Gasteiger partial charge in [0.15, 0.2) is 0 Å². The Balaban J connectivity index is 1.72. The van der Waals surface area contributed by atoms with Crippen LogP contribution in [0.1, 0.15) is 37.8 Å². The molecule has 2 heterocycles. The minimum Gasteiger partial charge on any atom is -0.399 e. The molecule has 1 fully saturated rings. The smallest absolute Gasteiger partial charge is 0.137 e. The molecule has 4 heteroatoms. The van der Waals surface area contributed by atoms with Crippen LogP contribution in [0, 0.1) is 0 Å². The second-order valence-corrected chi connectivity index (χ2v) is 7.16. The summed E-state index contributed by atoms with van der Waals surface area (Å²) in [5.74, 6) is 0. The first-order chi connectivity index (χ1) is 12.2. The molecule has 0 spiro atoms. The second-order valence-electron chi connectivity index (χ2n) is 7.16. The molecular formula is C21H26N4. The van der Waals surface area contributed by atoms with Crippen molar-refractivity contribution in [1.29, 1.82) is 0 Å². The van der Waals surface area contributed by atoms with Crippen molar-refractivity contribution in [2.24, 2.45) is 0 Å². The summed E-state index contributed by atoms with van der Waals surface area (Å²) in [6, 6.07) is 14.9. The standard InChI is InChI=1S/C21H26N4/c1-24(18-7-3-2-4-8-18)15-19-21(16-10-12-17(22)13-11-16)23-20-9-5-6-14-25(19)20/h5-6,9-14,18H,2-4,7-8,15,22H2,1H3. The van der Waals surface area contributed by atoms with Crippen LogP contribution in [0.15, 0.2) is 48.7 Å². The Labute approximate surface area is 149 Å². The quantitative estimate of drug-likeness (QED) is 0.722. The van der Waals surface area contributed by atoms with E-state index >= 15 is 0 Å². The van der Waals surface area contributed by atoms with Crippen LogP contribution in [0.2, 0.25) is 0 Å². The minimum atomic E-state index is 0.683. The Bertz CT molecular complexity index is 844. The molecule has 1 aromatic carbocycles. The number of rotatable bonds is 4. The van der Waals surface area contributed by atoms with Crippen LogP contribution in [0.3, 0.4) is 0 Å². The third kappa shape index (κ3) is 3.27. The Morgan fingerprint density at radius 3 is 2.60 bits per heavy atom. The number of hydrogen-bond acceptors (Lipinski definition) is 3. The van der Waals surface area contributed by atoms with Crippen molar-refractivity contribution in [3.63, 3.8) is 0 Å². The lowest BCUT2D eigenvalue weighted by molar-refractivity contribution is 0.182. The van der Waals surface area contributed by atoms with Crippen LogP contribution in [0.5, 0.6) is 0 Å². The van der Waals surface area contributed by atoms with E-state index in [2.05, 4.69) is 46.8 Å². The van der Waals surface area contributed by atoms with E-state index in [1.165, 1.54) is 37.8 Å². The summed E-state index contributed by atoms with van der Waals surface area (Å²) in [5.41, 5.74) is 11.1. The zero-order valence-electron chi connectivity index (χ0n) is 14.9. The molecule has 130 valence electrons. The number of nitrogens with two attached hydrogens (primary N) is 1. The highest BCUT2D eigenvalue weighted by molar-refractivity contribution is 5.68. The summed E-state index contributed by atoms with van der Waals surface area (Å²) in [5, 5.41) is 0. The molecule has 0 saturated heterocycles. The van der Waals surface area contributed by atoms with Crippen LogP contribution in [-0.2, 0) is 6.54 Å². The lowest BCUT2D eigenvalue weighted by atomic mass is 9.94. The van der Waals surface area contributed by atoms with E-state index in [1.807, 2.05) is 18.2 Å². The maximum atomic E-state index is 5.86. The van der Waals surface area contributed by atoms with Crippen LogP contribution < -0.4 is 5.73 Å². The minimum absolute atomic E-state index is 0.683. The van der Waals surface area contributed by atoms with Gasteiger partial charge >= 0.3 is 0 Å². The summed E-state index contributed by atoms with van der Waals surface area (Å²) in [7, 11) is 2.26. The van der Waals surface area contributed by atoms with Gasteiger partial charge in [0, 0.05) is 30.0 Å². The highest BCUT2D eigenvalue weighted by Gasteiger charge is 2.21. The van der Waals surface area contributed by atoms with Crippen LogP contribution in [-0.4, -0.2) is 27.4 Å². The van der Waals surface area contributed by atoms with Gasteiger partial charge in [-0.15, -0.1) is 0 Å². The van der Waals surface area contributed by atoms with Crippen LogP contribution in [0.4, 0.5) is 5.69 Å². The second kappa shape index (κ2) is 6.89. The van der Waals surface area contributed by atoms with E-state index < -0.39 is 0 Å². The van der Waals surface area contributed by atoms with E-state index in [0.29, 0.717) is 6.04 Å². The molecule has 0 aliphatic heterocycles. The van der Waals surface area contributed by atoms with E-state index in [4.69, 9.17) is 10.7 Å². The third-order valence-corrected chi connectivity index (χ3v) is 5.41. The molecule has 25 heavy (non-hydrogen) atoms. The van der Waals surface area contributed by atoms with Gasteiger partial charge in [-0.05, 0) is 44.2 Å². The molecular weight excluding hydrogens is 308 g/mol. The van der Waals surface area contributed by atoms with Crippen molar-refractivity contribution in [2.75, 3.05) is 12.8 Å². The molecule has 4 rings (SSSR count). The third-order valence-electron chi connectivity index (χ3n) is 5.41. The van der Waals surface area contributed by atoms with Crippen molar-refractivity contribution in [3.05, 3.63) is 54.4 Å². The number of hydrogen-bond donors (Lipinski definition) is 1. The lowest BCUT2D eigenvalue weighted by Crippen LogP contribution is -2.33. The van der Waals surface area contributed by atoms with Gasteiger partial charge in [-0.2, -0.15) is 0 Å². The summed E-state index contributed by atoms with van der Waals surface area (Å²) in [4.78, 5) is 7.42. The van der Waals surface area contributed by atoms with Crippen molar-refractivity contribution in [1.82, 2.24) is 14.3 Å². The number of nitrogens with zero attached hydrogens (tertiary/aromatic N) is 3. The predicted molar refractivity (Wildman–Crippen MR) is 103 cm³/mol. The SMILES string of the molecule is CN(Cc1c(-c2ccc(N)cc2)nc2ccccn12)C1CCCCC1. The summed E-state index contributed by atoms with van der Waals surface area (Å²) < 4.78 is 2.23. The van der Waals surface area contributed by atoms with E-state index in [0.717, 1.165) is 29.1 Å². The Morgan fingerprint density at radius 1 is 1.08 bits per heavy atom. The normalized spacial score (nSPS) is 15.9. The van der Waals surface area contributed by atoms with E-state index in [-0.39, 0.29) is 0 Å². The van der Waals surface area contributed by atoms with Crippen LogP contribution in [0.25, 0.3) is 16.9 Å². The van der Waals surface area contributed by atoms with Gasteiger partial charge in [0.2, 0.25) is 0 Å². The van der Waals surface area contributed by atoms with E-state index in [9.17, 15) is 0 Å². The highest BCUT2D eigenvalue weighted by Crippen LogP contribution is 2.28. The maximum absolute atomic E-state index is 5.86. The van der Waals surface area contributed by atoms with Crippen LogP contribution >= 0.6 is 0 Å². The van der Waals surface area contributed by atoms with Gasteiger partial charge in [0.05, 0.1) is 11.4 Å². The Hall–Kier alpha value is -2.33. The highest BCUT2D eigenvalue weighted by atomic mass is 15.2. The van der Waals surface area contributed by atoms with Gasteiger partial charge in [-0.3, -0.25) is 4.90 Å². The Kier molecular flexibility index (Phi) is 4.45. The number of anilines is 1. The molecule has 2 aromatic heterocycles. The molecule has 2 N–H and O–H groups in total. The Morgan fingerprint density at radius 2 is 1.84 bits per heavy atom. The zero-order valence-corrected chi connectivity index (χ0v) is 14.9. The summed E-state index contributed by atoms with van der Waals surface area (Å²) >= 11 is 0. The number of aromatic nitrogens is 2. The average molecular weight is 334 g/mol. The van der Waals surface area contributed by atoms with Crippen molar-refractivity contribution < 1.29 is 0 Å². The molecule has 0 unspecified atom stereocenters. The molecule has 0 radical (unpaired) electrons. The summed E-state index contributed by atoms with van der Waals surface area (Å²) in [6.45, 7) is 0.912. The first-order valence-electron chi connectivity index (χ1n) is 9.24. The first kappa shape index (κ1) is 16.2. The fourth-order valence-electron chi connectivity index (χ4n) is 3.96. The molecule has 0 atom stereocenters. The molecule has 1 aliphatic carbocycles. The molecule has 4 nitrogen and oxygen atoms in total. The first-order valence-corrected chi connectivity index (χ1v) is 9.24. The number of benzene rings is 1. The number of fused-ring (bicyclic) bond motifs is 1. The van der Waals surface area contributed by atoms with Crippen molar-refractivity contribution in [3.8, 4) is 11.3 Å². The maximum Gasteiger partial charge on any atom is 0.137 e. The fraction of sp³-hybridized carbons (Fsp3) is 0.381. The number of imidazole rings is 1. The number of pyridine rings is 1. The van der Waals surface area contributed by atoms with Gasteiger partial charge < -0.3 is 10.1 Å². The van der Waals surface area contributed by atoms with Gasteiger partial charge in [0.25, 0.3) is 0 Å².